The van der Waals surface area contributed by atoms with Gasteiger partial charge < -0.3 is 9.88 Å². The van der Waals surface area contributed by atoms with Gasteiger partial charge in [-0.15, -0.1) is 0 Å². The first-order chi connectivity index (χ1) is 11.5. The third-order valence-corrected chi connectivity index (χ3v) is 4.57. The minimum Gasteiger partial charge on any atom is -0.330 e. The fraction of sp³-hybridized carbons (Fsp3) is 0.474. The number of hydrogen-bond acceptors (Lipinski definition) is 3. The number of aromatic nitrogens is 4. The van der Waals surface area contributed by atoms with E-state index in [0.717, 1.165) is 30.1 Å². The van der Waals surface area contributed by atoms with Gasteiger partial charge in [0, 0.05) is 25.8 Å². The van der Waals surface area contributed by atoms with Crippen LogP contribution in [0.25, 0.3) is 11.0 Å². The summed E-state index contributed by atoms with van der Waals surface area (Å²) in [5.41, 5.74) is 4.54. The molecule has 5 nitrogen and oxygen atoms in total. The Balaban J connectivity index is 1.63. The van der Waals surface area contributed by atoms with Crippen molar-refractivity contribution in [3.05, 3.63) is 47.5 Å². The molecule has 0 saturated heterocycles. The first kappa shape index (κ1) is 16.7. The van der Waals surface area contributed by atoms with Gasteiger partial charge in [-0.25, -0.2) is 4.98 Å². The molecule has 128 valence electrons. The molecule has 24 heavy (non-hydrogen) atoms. The van der Waals surface area contributed by atoms with E-state index in [2.05, 4.69) is 71.7 Å². The van der Waals surface area contributed by atoms with Crippen LogP contribution >= 0.6 is 0 Å². The zero-order valence-corrected chi connectivity index (χ0v) is 15.2. The predicted octanol–water partition coefficient (Wildman–Crippen LogP) is 3.37. The molecule has 0 spiro atoms. The van der Waals surface area contributed by atoms with Gasteiger partial charge in [0.15, 0.2) is 0 Å². The van der Waals surface area contributed by atoms with Crippen LogP contribution in [-0.4, -0.2) is 25.9 Å². The molecule has 2 aromatic heterocycles. The first-order valence-electron chi connectivity index (χ1n) is 8.61. The summed E-state index contributed by atoms with van der Waals surface area (Å²) < 4.78 is 4.28. The van der Waals surface area contributed by atoms with Gasteiger partial charge in [0.2, 0.25) is 0 Å². The first-order valence-corrected chi connectivity index (χ1v) is 8.61. The molecule has 0 aliphatic rings. The van der Waals surface area contributed by atoms with Gasteiger partial charge >= 0.3 is 0 Å². The second-order valence-corrected chi connectivity index (χ2v) is 6.86. The van der Waals surface area contributed by atoms with Crippen LogP contribution in [0.15, 0.2) is 30.3 Å². The zero-order valence-electron chi connectivity index (χ0n) is 15.2. The lowest BCUT2D eigenvalue weighted by Crippen LogP contribution is -2.28. The van der Waals surface area contributed by atoms with E-state index < -0.39 is 0 Å². The van der Waals surface area contributed by atoms with E-state index in [0.29, 0.717) is 5.92 Å². The highest BCUT2D eigenvalue weighted by atomic mass is 15.3. The highest BCUT2D eigenvalue weighted by molar-refractivity contribution is 5.75. The fourth-order valence-electron chi connectivity index (χ4n) is 3.24. The molecule has 1 aromatic carbocycles. The number of aryl methyl sites for hydroxylation is 3. The average molecular weight is 325 g/mol. The van der Waals surface area contributed by atoms with Crippen LogP contribution in [0.1, 0.15) is 37.1 Å². The lowest BCUT2D eigenvalue weighted by molar-refractivity contribution is 0.391. The molecule has 3 aromatic rings. The number of imidazole rings is 1. The molecule has 0 radical (unpaired) electrons. The highest BCUT2D eigenvalue weighted by Crippen LogP contribution is 2.19. The molecule has 0 aliphatic carbocycles. The number of nitrogens with one attached hydrogen (secondary N) is 1. The Kier molecular flexibility index (Phi) is 4.71. The summed E-state index contributed by atoms with van der Waals surface area (Å²) in [6.45, 7) is 10.5. The maximum absolute atomic E-state index is 4.77. The van der Waals surface area contributed by atoms with Crippen LogP contribution in [-0.2, 0) is 13.6 Å². The monoisotopic (exact) mass is 325 g/mol. The van der Waals surface area contributed by atoms with Gasteiger partial charge in [-0.3, -0.25) is 4.68 Å². The summed E-state index contributed by atoms with van der Waals surface area (Å²) in [6, 6.07) is 10.6. The van der Waals surface area contributed by atoms with Crippen molar-refractivity contribution in [3.8, 4) is 0 Å². The van der Waals surface area contributed by atoms with Crippen molar-refractivity contribution in [2.24, 2.45) is 13.0 Å². The third kappa shape index (κ3) is 3.36. The van der Waals surface area contributed by atoms with Crippen LogP contribution in [0.2, 0.25) is 0 Å². The number of nitrogens with zero attached hydrogens (tertiary/aromatic N) is 4. The largest absolute Gasteiger partial charge is 0.330 e. The Morgan fingerprint density at radius 1 is 1.17 bits per heavy atom. The molecule has 2 atom stereocenters. The van der Waals surface area contributed by atoms with Gasteiger partial charge in [0.25, 0.3) is 0 Å². The molecule has 0 saturated carbocycles. The Labute approximate surface area is 143 Å². The fourth-order valence-corrected chi connectivity index (χ4v) is 3.24. The number of benzene rings is 1. The van der Waals surface area contributed by atoms with E-state index in [4.69, 9.17) is 4.98 Å². The normalized spacial score (nSPS) is 14.2. The second-order valence-electron chi connectivity index (χ2n) is 6.86. The van der Waals surface area contributed by atoms with Crippen LogP contribution in [0, 0.1) is 19.8 Å². The standard InChI is InChI=1S/C19H27N5/c1-13(12-24-15(3)10-14(2)22-24)11-20-16(4)19-21-17-8-6-7-9-18(17)23(19)5/h6-10,13,16,20H,11-12H2,1-5H3/t13-,16-/m0/s1. The second kappa shape index (κ2) is 6.77. The third-order valence-electron chi connectivity index (χ3n) is 4.57. The zero-order chi connectivity index (χ0) is 17.3. The minimum atomic E-state index is 0.213. The molecule has 3 rings (SSSR count). The molecular formula is C19H27N5. The van der Waals surface area contributed by atoms with Crippen LogP contribution < -0.4 is 5.32 Å². The van der Waals surface area contributed by atoms with Crippen molar-refractivity contribution in [2.45, 2.75) is 40.3 Å². The van der Waals surface area contributed by atoms with Gasteiger partial charge in [-0.05, 0) is 44.9 Å². The van der Waals surface area contributed by atoms with E-state index in [1.165, 1.54) is 11.2 Å². The summed E-state index contributed by atoms with van der Waals surface area (Å²) in [6.07, 6.45) is 0. The molecular weight excluding hydrogens is 298 g/mol. The Morgan fingerprint density at radius 3 is 2.58 bits per heavy atom. The summed E-state index contributed by atoms with van der Waals surface area (Å²) in [5.74, 6) is 1.58. The van der Waals surface area contributed by atoms with E-state index in [1.54, 1.807) is 0 Å². The summed E-state index contributed by atoms with van der Waals surface area (Å²) in [7, 11) is 2.09. The molecule has 1 N–H and O–H groups in total. The van der Waals surface area contributed by atoms with Crippen LogP contribution in [0.3, 0.4) is 0 Å². The lowest BCUT2D eigenvalue weighted by atomic mass is 10.1. The van der Waals surface area contributed by atoms with Crippen LogP contribution in [0.5, 0.6) is 0 Å². The Hall–Kier alpha value is -2.14. The number of fused-ring (bicyclic) bond motifs is 1. The molecule has 0 unspecified atom stereocenters. The van der Waals surface area contributed by atoms with Crippen molar-refractivity contribution in [3.63, 3.8) is 0 Å². The van der Waals surface area contributed by atoms with Crippen LogP contribution in [0.4, 0.5) is 0 Å². The molecule has 0 bridgehead atoms. The SMILES string of the molecule is Cc1cc(C)n(C[C@@H](C)CN[C@@H](C)c2nc3ccccc3n2C)n1. The smallest absolute Gasteiger partial charge is 0.126 e. The molecule has 0 aliphatic heterocycles. The molecule has 5 heteroatoms. The van der Waals surface area contributed by atoms with E-state index >= 15 is 0 Å². The average Bonchev–Trinajstić information content (AvgIpc) is 3.05. The maximum atomic E-state index is 4.77. The molecule has 0 fully saturated rings. The Bertz CT molecular complexity index is 830. The highest BCUT2D eigenvalue weighted by Gasteiger charge is 2.15. The van der Waals surface area contributed by atoms with Crippen molar-refractivity contribution >= 4 is 11.0 Å². The topological polar surface area (TPSA) is 47.7 Å². The number of rotatable bonds is 6. The summed E-state index contributed by atoms with van der Waals surface area (Å²) in [4.78, 5) is 4.77. The number of hydrogen-bond donors (Lipinski definition) is 1. The Morgan fingerprint density at radius 2 is 1.92 bits per heavy atom. The van der Waals surface area contributed by atoms with Gasteiger partial charge in [-0.1, -0.05) is 19.1 Å². The van der Waals surface area contributed by atoms with Crippen molar-refractivity contribution in [2.75, 3.05) is 6.54 Å². The minimum absolute atomic E-state index is 0.213. The van der Waals surface area contributed by atoms with E-state index in [9.17, 15) is 0 Å². The van der Waals surface area contributed by atoms with Gasteiger partial charge in [0.05, 0.1) is 22.8 Å². The predicted molar refractivity (Wildman–Crippen MR) is 98.0 cm³/mol. The lowest BCUT2D eigenvalue weighted by Gasteiger charge is -2.18. The summed E-state index contributed by atoms with van der Waals surface area (Å²) >= 11 is 0. The van der Waals surface area contributed by atoms with Gasteiger partial charge in [0.1, 0.15) is 5.82 Å². The number of para-hydroxylation sites is 2. The van der Waals surface area contributed by atoms with Gasteiger partial charge in [-0.2, -0.15) is 5.10 Å². The van der Waals surface area contributed by atoms with E-state index in [-0.39, 0.29) is 6.04 Å². The molecule has 0 amide bonds. The summed E-state index contributed by atoms with van der Waals surface area (Å²) in [5, 5.41) is 8.17. The van der Waals surface area contributed by atoms with Crippen molar-refractivity contribution < 1.29 is 0 Å². The van der Waals surface area contributed by atoms with Crippen molar-refractivity contribution in [1.82, 2.24) is 24.6 Å². The molecule has 2 heterocycles. The quantitative estimate of drug-likeness (QED) is 0.756. The van der Waals surface area contributed by atoms with E-state index in [1.807, 2.05) is 13.0 Å². The maximum Gasteiger partial charge on any atom is 0.126 e. The van der Waals surface area contributed by atoms with Crippen molar-refractivity contribution in [1.29, 1.82) is 0 Å².